The van der Waals surface area contributed by atoms with Crippen molar-refractivity contribution < 1.29 is 14.6 Å². The molecule has 4 atom stereocenters. The standard InChI is InChI=1S/C21H29N5O3/c1-14-5-6-19(15(2)24-14)29-20-9-17-11-25(10-16(17)8-18(20)27)21(28)4-3-7-26-13-22-12-23-26/h5-6,12-13,16-18,20,27H,3-4,7-11H2,1-2H3/t16-,17+,18+,20+/m0/s1. The Morgan fingerprint density at radius 1 is 1.24 bits per heavy atom. The maximum atomic E-state index is 12.6. The number of likely N-dealkylation sites (tertiary alicyclic amines) is 1. The predicted octanol–water partition coefficient (Wildman–Crippen LogP) is 1.75. The normalized spacial score (nSPS) is 26.4. The van der Waals surface area contributed by atoms with Gasteiger partial charge in [-0.3, -0.25) is 14.5 Å². The van der Waals surface area contributed by atoms with Crippen LogP contribution >= 0.6 is 0 Å². The Bertz CT molecular complexity index is 841. The lowest BCUT2D eigenvalue weighted by atomic mass is 9.78. The van der Waals surface area contributed by atoms with Crippen LogP contribution in [0.4, 0.5) is 0 Å². The molecule has 1 aliphatic heterocycles. The van der Waals surface area contributed by atoms with Crippen LogP contribution in [0.1, 0.15) is 37.1 Å². The molecule has 1 aliphatic carbocycles. The van der Waals surface area contributed by atoms with Crippen molar-refractivity contribution in [1.29, 1.82) is 0 Å². The number of carbonyl (C=O) groups excluding carboxylic acids is 1. The van der Waals surface area contributed by atoms with E-state index in [0.29, 0.717) is 31.2 Å². The van der Waals surface area contributed by atoms with Crippen molar-refractivity contribution >= 4 is 5.91 Å². The number of fused-ring (bicyclic) bond motifs is 1. The van der Waals surface area contributed by atoms with Crippen molar-refractivity contribution in [2.24, 2.45) is 11.8 Å². The minimum Gasteiger partial charge on any atom is -0.486 e. The molecule has 156 valence electrons. The summed E-state index contributed by atoms with van der Waals surface area (Å²) in [6.07, 6.45) is 5.12. The van der Waals surface area contributed by atoms with E-state index in [9.17, 15) is 9.90 Å². The van der Waals surface area contributed by atoms with Crippen LogP contribution in [0.15, 0.2) is 24.8 Å². The molecule has 29 heavy (non-hydrogen) atoms. The molecule has 0 spiro atoms. The summed E-state index contributed by atoms with van der Waals surface area (Å²) in [7, 11) is 0. The molecule has 2 fully saturated rings. The van der Waals surface area contributed by atoms with Crippen molar-refractivity contribution in [2.45, 2.75) is 58.3 Å². The summed E-state index contributed by atoms with van der Waals surface area (Å²) in [5.41, 5.74) is 1.79. The molecule has 1 N–H and O–H groups in total. The van der Waals surface area contributed by atoms with Gasteiger partial charge in [-0.1, -0.05) is 0 Å². The van der Waals surface area contributed by atoms with Gasteiger partial charge in [0, 0.05) is 31.7 Å². The zero-order valence-corrected chi connectivity index (χ0v) is 17.1. The van der Waals surface area contributed by atoms with Crippen LogP contribution < -0.4 is 4.74 Å². The number of carbonyl (C=O) groups is 1. The summed E-state index contributed by atoms with van der Waals surface area (Å²) in [6.45, 7) is 6.07. The van der Waals surface area contributed by atoms with E-state index >= 15 is 0 Å². The average molecular weight is 399 g/mol. The van der Waals surface area contributed by atoms with Gasteiger partial charge in [0.15, 0.2) is 0 Å². The first kappa shape index (κ1) is 19.8. The van der Waals surface area contributed by atoms with Crippen LogP contribution in [-0.2, 0) is 11.3 Å². The summed E-state index contributed by atoms with van der Waals surface area (Å²) < 4.78 is 7.88. The fourth-order valence-corrected chi connectivity index (χ4v) is 4.58. The number of nitrogens with zero attached hydrogens (tertiary/aromatic N) is 5. The van der Waals surface area contributed by atoms with E-state index in [2.05, 4.69) is 15.1 Å². The minimum atomic E-state index is -0.515. The van der Waals surface area contributed by atoms with Crippen LogP contribution in [0, 0.1) is 25.7 Å². The zero-order chi connectivity index (χ0) is 20.4. The minimum absolute atomic E-state index is 0.185. The van der Waals surface area contributed by atoms with Crippen molar-refractivity contribution in [2.75, 3.05) is 13.1 Å². The fourth-order valence-electron chi connectivity index (χ4n) is 4.58. The third kappa shape index (κ3) is 4.58. The van der Waals surface area contributed by atoms with E-state index in [0.717, 1.165) is 43.1 Å². The highest BCUT2D eigenvalue weighted by Gasteiger charge is 2.43. The van der Waals surface area contributed by atoms with Gasteiger partial charge in [-0.2, -0.15) is 5.10 Å². The Morgan fingerprint density at radius 2 is 2.03 bits per heavy atom. The number of ether oxygens (including phenoxy) is 1. The van der Waals surface area contributed by atoms with E-state index in [1.165, 1.54) is 6.33 Å². The van der Waals surface area contributed by atoms with Gasteiger partial charge in [-0.15, -0.1) is 0 Å². The van der Waals surface area contributed by atoms with Crippen LogP contribution in [-0.4, -0.2) is 61.0 Å². The van der Waals surface area contributed by atoms with E-state index < -0.39 is 6.10 Å². The molecule has 1 amide bonds. The quantitative estimate of drug-likeness (QED) is 0.795. The number of aryl methyl sites for hydroxylation is 3. The Kier molecular flexibility index (Phi) is 5.80. The van der Waals surface area contributed by atoms with Crippen LogP contribution in [0.2, 0.25) is 0 Å². The van der Waals surface area contributed by atoms with Gasteiger partial charge in [-0.05, 0) is 57.1 Å². The second-order valence-electron chi connectivity index (χ2n) is 8.31. The molecule has 2 aliphatic rings. The molecule has 2 aromatic heterocycles. The molecule has 0 unspecified atom stereocenters. The van der Waals surface area contributed by atoms with Gasteiger partial charge in [0.1, 0.15) is 24.5 Å². The number of rotatable bonds is 6. The summed E-state index contributed by atoms with van der Waals surface area (Å²) >= 11 is 0. The van der Waals surface area contributed by atoms with Gasteiger partial charge >= 0.3 is 0 Å². The highest BCUT2D eigenvalue weighted by atomic mass is 16.5. The number of aromatic nitrogens is 4. The molecular formula is C21H29N5O3. The van der Waals surface area contributed by atoms with Crippen molar-refractivity contribution in [3.63, 3.8) is 0 Å². The zero-order valence-electron chi connectivity index (χ0n) is 17.1. The Balaban J connectivity index is 1.30. The number of aliphatic hydroxyl groups excluding tert-OH is 1. The topological polar surface area (TPSA) is 93.4 Å². The van der Waals surface area contributed by atoms with E-state index in [4.69, 9.17) is 4.74 Å². The first-order chi connectivity index (χ1) is 14.0. The van der Waals surface area contributed by atoms with Gasteiger partial charge < -0.3 is 14.7 Å². The molecule has 1 saturated carbocycles. The molecular weight excluding hydrogens is 370 g/mol. The fraction of sp³-hybridized carbons (Fsp3) is 0.619. The smallest absolute Gasteiger partial charge is 0.222 e. The Morgan fingerprint density at radius 3 is 2.76 bits per heavy atom. The number of hydrogen-bond donors (Lipinski definition) is 1. The predicted molar refractivity (Wildman–Crippen MR) is 106 cm³/mol. The first-order valence-corrected chi connectivity index (χ1v) is 10.4. The van der Waals surface area contributed by atoms with Gasteiger partial charge in [0.05, 0.1) is 11.8 Å². The molecule has 8 nitrogen and oxygen atoms in total. The molecule has 0 bridgehead atoms. The van der Waals surface area contributed by atoms with E-state index in [1.54, 1.807) is 11.0 Å². The molecule has 1 saturated heterocycles. The number of pyridine rings is 1. The monoisotopic (exact) mass is 399 g/mol. The maximum Gasteiger partial charge on any atom is 0.222 e. The molecule has 2 aromatic rings. The molecule has 0 radical (unpaired) electrons. The Hall–Kier alpha value is -2.48. The summed E-state index contributed by atoms with van der Waals surface area (Å²) in [5.74, 6) is 1.64. The molecule has 4 rings (SSSR count). The second-order valence-corrected chi connectivity index (χ2v) is 8.31. The number of hydrogen-bond acceptors (Lipinski definition) is 6. The summed E-state index contributed by atoms with van der Waals surface area (Å²) in [5, 5.41) is 14.7. The lowest BCUT2D eigenvalue weighted by Gasteiger charge is -2.35. The van der Waals surface area contributed by atoms with Crippen molar-refractivity contribution in [1.82, 2.24) is 24.6 Å². The van der Waals surface area contributed by atoms with Crippen molar-refractivity contribution in [3.05, 3.63) is 36.2 Å². The summed E-state index contributed by atoms with van der Waals surface area (Å²) in [6, 6.07) is 3.85. The van der Waals surface area contributed by atoms with Gasteiger partial charge in [-0.25, -0.2) is 4.98 Å². The number of aliphatic hydroxyl groups is 1. The Labute approximate surface area is 170 Å². The third-order valence-electron chi connectivity index (χ3n) is 6.14. The average Bonchev–Trinajstić information content (AvgIpc) is 3.33. The van der Waals surface area contributed by atoms with E-state index in [-0.39, 0.29) is 12.0 Å². The third-order valence-corrected chi connectivity index (χ3v) is 6.14. The molecule has 0 aromatic carbocycles. The van der Waals surface area contributed by atoms with Gasteiger partial charge in [0.25, 0.3) is 0 Å². The van der Waals surface area contributed by atoms with Crippen LogP contribution in [0.25, 0.3) is 0 Å². The van der Waals surface area contributed by atoms with Crippen molar-refractivity contribution in [3.8, 4) is 5.75 Å². The molecule has 8 heteroatoms. The second kappa shape index (κ2) is 8.49. The highest BCUT2D eigenvalue weighted by molar-refractivity contribution is 5.76. The largest absolute Gasteiger partial charge is 0.486 e. The number of amides is 1. The highest BCUT2D eigenvalue weighted by Crippen LogP contribution is 2.38. The summed E-state index contributed by atoms with van der Waals surface area (Å²) in [4.78, 5) is 22.9. The molecule has 3 heterocycles. The van der Waals surface area contributed by atoms with E-state index in [1.807, 2.05) is 30.9 Å². The first-order valence-electron chi connectivity index (χ1n) is 10.4. The van der Waals surface area contributed by atoms with Gasteiger partial charge in [0.2, 0.25) is 5.91 Å². The van der Waals surface area contributed by atoms with Crippen LogP contribution in [0.3, 0.4) is 0 Å². The SMILES string of the molecule is Cc1ccc(O[C@@H]2C[C@@H]3CN(C(=O)CCCn4cncn4)C[C@@H]3C[C@H]2O)c(C)n1. The maximum absolute atomic E-state index is 12.6. The van der Waals surface area contributed by atoms with Crippen LogP contribution in [0.5, 0.6) is 5.75 Å². The lowest BCUT2D eigenvalue weighted by Crippen LogP contribution is -2.42. The lowest BCUT2D eigenvalue weighted by molar-refractivity contribution is -0.130.